The summed E-state index contributed by atoms with van der Waals surface area (Å²) in [5.41, 5.74) is 0. The van der Waals surface area contributed by atoms with Crippen molar-refractivity contribution in [3.8, 4) is 0 Å². The minimum Gasteiger partial charge on any atom is -0.550 e. The van der Waals surface area contributed by atoms with E-state index in [1.54, 1.807) is 5.32 Å². The van der Waals surface area contributed by atoms with E-state index in [-0.39, 0.29) is 13.0 Å². The molecule has 0 aliphatic rings. The first-order valence-corrected chi connectivity index (χ1v) is 2.26. The zero-order valence-electron chi connectivity index (χ0n) is 4.52. The third-order valence-electron chi connectivity index (χ3n) is 0.593. The van der Waals surface area contributed by atoms with Crippen LogP contribution >= 0.6 is 0 Å². The monoisotopic (exact) mass is 134 g/mol. The van der Waals surface area contributed by atoms with Gasteiger partial charge >= 0.3 is 6.16 Å². The van der Waals surface area contributed by atoms with Crippen molar-refractivity contribution in [1.82, 2.24) is 5.32 Å². The average molecular weight is 134 g/mol. The van der Waals surface area contributed by atoms with Crippen molar-refractivity contribution in [1.29, 1.82) is 0 Å². The van der Waals surface area contributed by atoms with Gasteiger partial charge < -0.3 is 15.2 Å². The van der Waals surface area contributed by atoms with Gasteiger partial charge in [-0.3, -0.25) is 0 Å². The molecular formula is C4H5FNO3-. The summed E-state index contributed by atoms with van der Waals surface area (Å²) < 4.78 is 11.2. The van der Waals surface area contributed by atoms with Crippen molar-refractivity contribution in [2.24, 2.45) is 0 Å². The number of carboxylic acid groups (broad SMARTS) is 1. The fourth-order valence-corrected chi connectivity index (χ4v) is 0.263. The van der Waals surface area contributed by atoms with E-state index in [9.17, 15) is 19.1 Å². The molecule has 0 rings (SSSR count). The summed E-state index contributed by atoms with van der Waals surface area (Å²) in [7, 11) is 0. The van der Waals surface area contributed by atoms with E-state index in [1.165, 1.54) is 0 Å². The lowest BCUT2D eigenvalue weighted by Gasteiger charge is -1.98. The zero-order valence-corrected chi connectivity index (χ0v) is 4.52. The number of hydrogen-bond donors (Lipinski definition) is 1. The SMILES string of the molecule is O=C([O-])CCNC(=O)F. The topological polar surface area (TPSA) is 69.2 Å². The van der Waals surface area contributed by atoms with Crippen LogP contribution in [0, 0.1) is 0 Å². The summed E-state index contributed by atoms with van der Waals surface area (Å²) in [5.74, 6) is -1.32. The summed E-state index contributed by atoms with van der Waals surface area (Å²) in [4.78, 5) is 19.0. The van der Waals surface area contributed by atoms with Gasteiger partial charge in [-0.25, -0.2) is 4.79 Å². The number of carboxylic acids is 1. The molecule has 0 aromatic carbocycles. The first-order chi connectivity index (χ1) is 4.13. The lowest BCUT2D eigenvalue weighted by atomic mass is 10.4. The second kappa shape index (κ2) is 3.82. The normalized spacial score (nSPS) is 8.56. The largest absolute Gasteiger partial charge is 0.550 e. The maximum Gasteiger partial charge on any atom is 0.397 e. The van der Waals surface area contributed by atoms with Gasteiger partial charge in [-0.15, -0.1) is 4.39 Å². The molecule has 0 bridgehead atoms. The Kier molecular flexibility index (Phi) is 3.34. The van der Waals surface area contributed by atoms with Crippen LogP contribution in [0.25, 0.3) is 0 Å². The third kappa shape index (κ3) is 6.87. The number of hydrogen-bond acceptors (Lipinski definition) is 3. The molecule has 0 aromatic rings. The maximum atomic E-state index is 11.2. The van der Waals surface area contributed by atoms with Crippen molar-refractivity contribution >= 4 is 12.1 Å². The van der Waals surface area contributed by atoms with E-state index in [0.29, 0.717) is 0 Å². The van der Waals surface area contributed by atoms with Crippen LogP contribution in [0.2, 0.25) is 0 Å². The molecule has 0 unspecified atom stereocenters. The van der Waals surface area contributed by atoms with E-state index >= 15 is 0 Å². The van der Waals surface area contributed by atoms with E-state index in [4.69, 9.17) is 0 Å². The van der Waals surface area contributed by atoms with Gasteiger partial charge in [0.2, 0.25) is 0 Å². The van der Waals surface area contributed by atoms with Gasteiger partial charge in [0, 0.05) is 18.9 Å². The molecule has 0 spiro atoms. The number of nitrogens with one attached hydrogen (secondary N) is 1. The Morgan fingerprint density at radius 2 is 2.11 bits per heavy atom. The second-order valence-corrected chi connectivity index (χ2v) is 1.32. The summed E-state index contributed by atoms with van der Waals surface area (Å²) in [6.07, 6.45) is -2.09. The lowest BCUT2D eigenvalue weighted by molar-refractivity contribution is -0.305. The van der Waals surface area contributed by atoms with E-state index in [0.717, 1.165) is 0 Å². The van der Waals surface area contributed by atoms with Crippen LogP contribution in [0.1, 0.15) is 6.42 Å². The molecule has 0 saturated carbocycles. The molecule has 9 heavy (non-hydrogen) atoms. The van der Waals surface area contributed by atoms with Crippen molar-refractivity contribution in [2.45, 2.75) is 6.42 Å². The van der Waals surface area contributed by atoms with Gasteiger partial charge in [-0.2, -0.15) is 0 Å². The fourth-order valence-electron chi connectivity index (χ4n) is 0.263. The summed E-state index contributed by atoms with van der Waals surface area (Å²) in [5, 5.41) is 11.2. The standard InChI is InChI=1S/C4H6FNO3/c5-4(9)6-2-1-3(7)8/h1-2H2,(H,6,9)(H,7,8)/p-1. The Bertz CT molecular complexity index is 111. The lowest BCUT2D eigenvalue weighted by Crippen LogP contribution is -2.28. The Hall–Kier alpha value is -1.13. The molecule has 1 N–H and O–H groups in total. The maximum absolute atomic E-state index is 11.2. The molecule has 0 aliphatic heterocycles. The number of carbonyl (C=O) groups excluding carboxylic acids is 2. The average Bonchev–Trinajstić information content (AvgIpc) is 1.63. The van der Waals surface area contributed by atoms with E-state index in [2.05, 4.69) is 0 Å². The number of amides is 1. The van der Waals surface area contributed by atoms with Gasteiger partial charge in [-0.05, 0) is 0 Å². The molecule has 0 aromatic heterocycles. The van der Waals surface area contributed by atoms with E-state index in [1.807, 2.05) is 0 Å². The van der Waals surface area contributed by atoms with Gasteiger partial charge in [0.15, 0.2) is 0 Å². The van der Waals surface area contributed by atoms with Crippen molar-refractivity contribution < 1.29 is 19.1 Å². The second-order valence-electron chi connectivity index (χ2n) is 1.32. The molecule has 0 fully saturated rings. The van der Waals surface area contributed by atoms with Crippen LogP contribution in [0.15, 0.2) is 0 Å². The highest BCUT2D eigenvalue weighted by Crippen LogP contribution is 1.74. The molecule has 0 saturated heterocycles. The summed E-state index contributed by atoms with van der Waals surface area (Å²) in [6, 6.07) is 0. The van der Waals surface area contributed by atoms with Crippen molar-refractivity contribution in [2.75, 3.05) is 6.54 Å². The first-order valence-electron chi connectivity index (χ1n) is 2.26. The van der Waals surface area contributed by atoms with Crippen LogP contribution in [0.3, 0.4) is 0 Å². The molecule has 5 heteroatoms. The van der Waals surface area contributed by atoms with Gasteiger partial charge in [-0.1, -0.05) is 0 Å². The Morgan fingerprint density at radius 3 is 2.44 bits per heavy atom. The number of halogens is 1. The highest BCUT2D eigenvalue weighted by Gasteiger charge is 1.92. The Balaban J connectivity index is 3.10. The minimum atomic E-state index is -1.73. The molecular weight excluding hydrogens is 129 g/mol. The predicted octanol–water partition coefficient (Wildman–Crippen LogP) is -1.19. The first kappa shape index (κ1) is 7.87. The smallest absolute Gasteiger partial charge is 0.397 e. The molecule has 52 valence electrons. The minimum absolute atomic E-state index is 0.225. The van der Waals surface area contributed by atoms with Gasteiger partial charge in [0.1, 0.15) is 0 Å². The number of carbonyl (C=O) groups is 2. The molecule has 0 atom stereocenters. The van der Waals surface area contributed by atoms with Crippen LogP contribution in [0.5, 0.6) is 0 Å². The van der Waals surface area contributed by atoms with Gasteiger partial charge in [0.05, 0.1) is 0 Å². The number of aliphatic carboxylic acids is 1. The fraction of sp³-hybridized carbons (Fsp3) is 0.500. The van der Waals surface area contributed by atoms with Crippen molar-refractivity contribution in [3.05, 3.63) is 0 Å². The van der Waals surface area contributed by atoms with Gasteiger partial charge in [0.25, 0.3) is 0 Å². The summed E-state index contributed by atoms with van der Waals surface area (Å²) in [6.45, 7) is -0.225. The Morgan fingerprint density at radius 1 is 1.56 bits per heavy atom. The van der Waals surface area contributed by atoms with Crippen LogP contribution < -0.4 is 10.4 Å². The highest BCUT2D eigenvalue weighted by atomic mass is 19.1. The molecule has 0 heterocycles. The van der Waals surface area contributed by atoms with E-state index < -0.39 is 12.1 Å². The van der Waals surface area contributed by atoms with Crippen LogP contribution in [-0.2, 0) is 4.79 Å². The van der Waals surface area contributed by atoms with Crippen LogP contribution in [0.4, 0.5) is 9.18 Å². The molecule has 0 radical (unpaired) electrons. The molecule has 1 amide bonds. The number of rotatable bonds is 3. The Labute approximate surface area is 50.7 Å². The molecule has 0 aliphatic carbocycles. The molecule has 4 nitrogen and oxygen atoms in total. The zero-order chi connectivity index (χ0) is 7.28. The van der Waals surface area contributed by atoms with Crippen LogP contribution in [-0.4, -0.2) is 18.7 Å². The quantitative estimate of drug-likeness (QED) is 0.389. The third-order valence-corrected chi connectivity index (χ3v) is 0.593. The summed E-state index contributed by atoms with van der Waals surface area (Å²) >= 11 is 0. The highest BCUT2D eigenvalue weighted by molar-refractivity contribution is 5.68. The van der Waals surface area contributed by atoms with Crippen molar-refractivity contribution in [3.63, 3.8) is 0 Å². The predicted molar refractivity (Wildman–Crippen MR) is 24.1 cm³/mol.